The molecule has 4 rings (SSSR count). The van der Waals surface area contributed by atoms with Gasteiger partial charge in [-0.1, -0.05) is 59.8 Å². The molecule has 1 aliphatic rings. The Kier molecular flexibility index (Phi) is 4.50. The number of sulfonamides is 1. The highest BCUT2D eigenvalue weighted by atomic mass is 32.2. The molecule has 0 spiro atoms. The van der Waals surface area contributed by atoms with Gasteiger partial charge in [-0.2, -0.15) is 0 Å². The summed E-state index contributed by atoms with van der Waals surface area (Å²) in [6, 6.07) is 14.9. The minimum Gasteiger partial charge on any atom is -0.325 e. The van der Waals surface area contributed by atoms with Crippen molar-refractivity contribution in [3.05, 3.63) is 65.9 Å². The smallest absolute Gasteiger partial charge is 0.236 e. The maximum absolute atomic E-state index is 12.7. The van der Waals surface area contributed by atoms with Crippen LogP contribution >= 0.6 is 11.8 Å². The number of aryl methyl sites for hydroxylation is 2. The van der Waals surface area contributed by atoms with Gasteiger partial charge in [0.25, 0.3) is 0 Å². The van der Waals surface area contributed by atoms with Gasteiger partial charge in [-0.25, -0.2) is 13.4 Å². The van der Waals surface area contributed by atoms with E-state index in [1.165, 1.54) is 0 Å². The molecule has 3 aromatic rings. The van der Waals surface area contributed by atoms with Crippen molar-refractivity contribution in [3.8, 4) is 11.3 Å². The summed E-state index contributed by atoms with van der Waals surface area (Å²) in [5.41, 5.74) is 3.96. The summed E-state index contributed by atoms with van der Waals surface area (Å²) in [6.07, 6.45) is 1.99. The van der Waals surface area contributed by atoms with Crippen molar-refractivity contribution in [1.29, 1.82) is 0 Å². The van der Waals surface area contributed by atoms with Gasteiger partial charge >= 0.3 is 0 Å². The van der Waals surface area contributed by atoms with Crippen molar-refractivity contribution in [2.75, 3.05) is 10.5 Å². The molecule has 1 aromatic heterocycles. The van der Waals surface area contributed by atoms with E-state index in [0.29, 0.717) is 5.69 Å². The molecular weight excluding hydrogens is 366 g/mol. The lowest BCUT2D eigenvalue weighted by atomic mass is 10.1. The number of hydrogen-bond donors (Lipinski definition) is 1. The molecule has 0 aliphatic carbocycles. The average molecular weight is 386 g/mol. The molecule has 26 heavy (non-hydrogen) atoms. The molecule has 0 fully saturated rings. The van der Waals surface area contributed by atoms with Gasteiger partial charge in [0.05, 0.1) is 17.1 Å². The summed E-state index contributed by atoms with van der Waals surface area (Å²) in [7, 11) is -3.52. The number of rotatable bonds is 5. The molecule has 1 N–H and O–H groups in total. The van der Waals surface area contributed by atoms with Crippen LogP contribution in [0, 0.1) is 6.92 Å². The Morgan fingerprint density at radius 1 is 1.19 bits per heavy atom. The fourth-order valence-corrected chi connectivity index (χ4v) is 5.21. The molecule has 0 amide bonds. The first-order valence-electron chi connectivity index (χ1n) is 8.36. The molecule has 134 valence electrons. The molecular formula is C19H19N3O2S2. The highest BCUT2D eigenvalue weighted by molar-refractivity contribution is 7.99. The molecule has 2 heterocycles. The highest BCUT2D eigenvalue weighted by Crippen LogP contribution is 2.33. The van der Waals surface area contributed by atoms with Crippen LogP contribution in [0.4, 0.5) is 5.69 Å². The first-order valence-corrected chi connectivity index (χ1v) is 11.0. The number of imidazole rings is 1. The van der Waals surface area contributed by atoms with Crippen molar-refractivity contribution in [3.63, 3.8) is 0 Å². The molecule has 0 unspecified atom stereocenters. The minimum absolute atomic E-state index is 0.0570. The third-order valence-corrected chi connectivity index (χ3v) is 6.43. The van der Waals surface area contributed by atoms with Crippen molar-refractivity contribution < 1.29 is 8.42 Å². The van der Waals surface area contributed by atoms with Crippen LogP contribution < -0.4 is 4.72 Å². The second-order valence-electron chi connectivity index (χ2n) is 6.35. The predicted octanol–water partition coefficient (Wildman–Crippen LogP) is 3.91. The summed E-state index contributed by atoms with van der Waals surface area (Å²) in [5.74, 6) is 0.978. The van der Waals surface area contributed by atoms with Crippen LogP contribution in [-0.2, 0) is 22.3 Å². The largest absolute Gasteiger partial charge is 0.325 e. The van der Waals surface area contributed by atoms with Gasteiger partial charge < -0.3 is 4.57 Å². The van der Waals surface area contributed by atoms with Crippen LogP contribution in [0.2, 0.25) is 0 Å². The van der Waals surface area contributed by atoms with Crippen molar-refractivity contribution in [2.45, 2.75) is 24.4 Å². The van der Waals surface area contributed by atoms with Gasteiger partial charge in [0.2, 0.25) is 10.0 Å². The Morgan fingerprint density at radius 3 is 2.85 bits per heavy atom. The number of hydrogen-bond acceptors (Lipinski definition) is 4. The summed E-state index contributed by atoms with van der Waals surface area (Å²) in [4.78, 5) is 4.64. The Balaban J connectivity index is 1.62. The predicted molar refractivity (Wildman–Crippen MR) is 106 cm³/mol. The zero-order valence-corrected chi connectivity index (χ0v) is 16.0. The molecule has 0 atom stereocenters. The van der Waals surface area contributed by atoms with E-state index < -0.39 is 10.0 Å². The van der Waals surface area contributed by atoms with E-state index >= 15 is 0 Å². The van der Waals surface area contributed by atoms with Crippen LogP contribution in [0.25, 0.3) is 11.3 Å². The lowest BCUT2D eigenvalue weighted by molar-refractivity contribution is 0.600. The molecule has 0 saturated carbocycles. The van der Waals surface area contributed by atoms with Gasteiger partial charge in [0.15, 0.2) is 5.16 Å². The van der Waals surface area contributed by atoms with Crippen LogP contribution in [0.5, 0.6) is 0 Å². The number of aromatic nitrogens is 2. The number of anilines is 1. The Bertz CT molecular complexity index is 1040. The highest BCUT2D eigenvalue weighted by Gasteiger charge is 2.19. The van der Waals surface area contributed by atoms with Crippen LogP contribution in [0.1, 0.15) is 11.1 Å². The topological polar surface area (TPSA) is 64.0 Å². The molecule has 0 bridgehead atoms. The van der Waals surface area contributed by atoms with E-state index in [1.54, 1.807) is 17.8 Å². The summed E-state index contributed by atoms with van der Waals surface area (Å²) < 4.78 is 30.2. The first kappa shape index (κ1) is 17.2. The third kappa shape index (κ3) is 3.64. The summed E-state index contributed by atoms with van der Waals surface area (Å²) >= 11 is 1.72. The molecule has 0 radical (unpaired) electrons. The van der Waals surface area contributed by atoms with Crippen molar-refractivity contribution in [1.82, 2.24) is 9.55 Å². The van der Waals surface area contributed by atoms with Gasteiger partial charge in [0.1, 0.15) is 0 Å². The molecule has 0 saturated heterocycles. The number of nitrogens with zero attached hydrogens (tertiary/aromatic N) is 2. The molecule has 5 nitrogen and oxygen atoms in total. The Hall–Kier alpha value is -2.25. The Labute approximate surface area is 157 Å². The number of fused-ring (bicyclic) bond motifs is 1. The van der Waals surface area contributed by atoms with E-state index in [1.807, 2.05) is 55.6 Å². The molecule has 2 aromatic carbocycles. The van der Waals surface area contributed by atoms with E-state index in [2.05, 4.69) is 14.3 Å². The van der Waals surface area contributed by atoms with Crippen LogP contribution in [-0.4, -0.2) is 23.7 Å². The van der Waals surface area contributed by atoms with Crippen molar-refractivity contribution in [2.24, 2.45) is 0 Å². The maximum Gasteiger partial charge on any atom is 0.236 e. The number of nitrogens with one attached hydrogen (secondary N) is 1. The summed E-state index contributed by atoms with van der Waals surface area (Å²) in [5, 5.41) is 0.984. The van der Waals surface area contributed by atoms with E-state index in [0.717, 1.165) is 39.8 Å². The Morgan fingerprint density at radius 2 is 2.04 bits per heavy atom. The second-order valence-corrected chi connectivity index (χ2v) is 9.13. The van der Waals surface area contributed by atoms with Crippen LogP contribution in [0.3, 0.4) is 0 Å². The molecule has 1 aliphatic heterocycles. The first-order chi connectivity index (χ1) is 12.5. The van der Waals surface area contributed by atoms with E-state index in [4.69, 9.17) is 0 Å². The quantitative estimate of drug-likeness (QED) is 0.723. The van der Waals surface area contributed by atoms with Gasteiger partial charge in [-0.15, -0.1) is 0 Å². The zero-order valence-electron chi connectivity index (χ0n) is 14.3. The van der Waals surface area contributed by atoms with E-state index in [-0.39, 0.29) is 5.75 Å². The standard InChI is InChI=1S/C19H19N3O2S2/c1-14-5-4-6-15(11-14)13-26(23,24)21-17-8-3-2-7-16(17)18-12-22-9-10-25-19(22)20-18/h2-8,11-12,21H,9-10,13H2,1H3. The molecule has 7 heteroatoms. The maximum atomic E-state index is 12.7. The SMILES string of the molecule is Cc1cccc(CS(=O)(=O)Nc2ccccc2-c2cn3c(n2)SCC3)c1. The zero-order chi connectivity index (χ0) is 18.1. The fraction of sp³-hybridized carbons (Fsp3) is 0.211. The monoisotopic (exact) mass is 385 g/mol. The number of para-hydroxylation sites is 1. The van der Waals surface area contributed by atoms with Crippen LogP contribution in [0.15, 0.2) is 59.9 Å². The van der Waals surface area contributed by atoms with Gasteiger partial charge in [0, 0.05) is 24.1 Å². The second kappa shape index (κ2) is 6.81. The summed E-state index contributed by atoms with van der Waals surface area (Å²) in [6.45, 7) is 2.89. The minimum atomic E-state index is -3.52. The third-order valence-electron chi connectivity index (χ3n) is 4.21. The van der Waals surface area contributed by atoms with E-state index in [9.17, 15) is 8.42 Å². The lowest BCUT2D eigenvalue weighted by Gasteiger charge is -2.12. The van der Waals surface area contributed by atoms with Gasteiger partial charge in [-0.05, 0) is 18.6 Å². The van der Waals surface area contributed by atoms with Crippen molar-refractivity contribution >= 4 is 27.5 Å². The number of thioether (sulfide) groups is 1. The fourth-order valence-electron chi connectivity index (χ4n) is 3.06. The normalized spacial score (nSPS) is 13.6. The number of benzene rings is 2. The average Bonchev–Trinajstić information content (AvgIpc) is 3.16. The lowest BCUT2D eigenvalue weighted by Crippen LogP contribution is -2.15. The van der Waals surface area contributed by atoms with Gasteiger partial charge in [-0.3, -0.25) is 4.72 Å².